The lowest BCUT2D eigenvalue weighted by atomic mass is 10.1. The third-order valence-electron chi connectivity index (χ3n) is 2.52. The van der Waals surface area contributed by atoms with Crippen LogP contribution in [0.2, 0.25) is 5.02 Å². The Bertz CT molecular complexity index is 755. The zero-order valence-corrected chi connectivity index (χ0v) is 11.7. The van der Waals surface area contributed by atoms with Gasteiger partial charge in [0.05, 0.1) is 10.5 Å². The smallest absolute Gasteiger partial charge is 0.336 e. The minimum absolute atomic E-state index is 0.00790. The zero-order valence-electron chi connectivity index (χ0n) is 10.1. The Morgan fingerprint density at radius 1 is 1.45 bits per heavy atom. The molecule has 0 saturated heterocycles. The largest absolute Gasteiger partial charge is 0.478 e. The van der Waals surface area contributed by atoms with Gasteiger partial charge in [-0.3, -0.25) is 4.72 Å². The highest BCUT2D eigenvalue weighted by atomic mass is 35.5. The molecule has 2 rings (SSSR count). The average Bonchev–Trinajstić information content (AvgIpc) is 2.83. The first-order chi connectivity index (χ1) is 9.31. The van der Waals surface area contributed by atoms with Crippen molar-refractivity contribution in [1.82, 2.24) is 5.16 Å². The lowest BCUT2D eigenvalue weighted by Crippen LogP contribution is -2.16. The van der Waals surface area contributed by atoms with Crippen molar-refractivity contribution >= 4 is 33.4 Å². The molecule has 7 nitrogen and oxygen atoms in total. The molecule has 1 aromatic carbocycles. The molecule has 0 unspecified atom stereocenters. The normalized spacial score (nSPS) is 11.3. The summed E-state index contributed by atoms with van der Waals surface area (Å²) in [5.74, 6) is -1.27. The van der Waals surface area contributed by atoms with E-state index in [0.717, 1.165) is 0 Å². The fourth-order valence-electron chi connectivity index (χ4n) is 1.61. The van der Waals surface area contributed by atoms with Crippen LogP contribution in [0.25, 0.3) is 0 Å². The highest BCUT2D eigenvalue weighted by molar-refractivity contribution is 7.92. The second-order valence-electron chi connectivity index (χ2n) is 3.87. The molecule has 2 N–H and O–H groups in total. The first-order valence-corrected chi connectivity index (χ1v) is 7.14. The minimum atomic E-state index is -4.01. The van der Waals surface area contributed by atoms with Crippen molar-refractivity contribution in [3.63, 3.8) is 0 Å². The van der Waals surface area contributed by atoms with Gasteiger partial charge in [-0.25, -0.2) is 13.2 Å². The first kappa shape index (κ1) is 14.4. The molecule has 0 aliphatic heterocycles. The molecule has 0 aliphatic carbocycles. The van der Waals surface area contributed by atoms with Gasteiger partial charge in [0.15, 0.2) is 5.82 Å². The van der Waals surface area contributed by atoms with Crippen LogP contribution in [0.3, 0.4) is 0 Å². The molecule has 2 aromatic rings. The third kappa shape index (κ3) is 2.75. The molecule has 9 heteroatoms. The van der Waals surface area contributed by atoms with Gasteiger partial charge in [0.1, 0.15) is 6.26 Å². The van der Waals surface area contributed by atoms with Crippen LogP contribution in [0.15, 0.2) is 33.9 Å². The molecule has 0 atom stereocenters. The van der Waals surface area contributed by atoms with Crippen molar-refractivity contribution in [3.8, 4) is 0 Å². The number of carboxylic acids is 1. The Labute approximate surface area is 119 Å². The number of sulfonamides is 1. The highest BCUT2D eigenvalue weighted by Gasteiger charge is 2.23. The van der Waals surface area contributed by atoms with Crippen molar-refractivity contribution in [2.45, 2.75) is 11.8 Å². The summed E-state index contributed by atoms with van der Waals surface area (Å²) in [6, 6.07) is 3.68. The monoisotopic (exact) mass is 316 g/mol. The van der Waals surface area contributed by atoms with Gasteiger partial charge in [-0.15, -0.1) is 0 Å². The van der Waals surface area contributed by atoms with E-state index in [-0.39, 0.29) is 26.9 Å². The highest BCUT2D eigenvalue weighted by Crippen LogP contribution is 2.26. The number of carboxylic acid groups (broad SMARTS) is 1. The maximum absolute atomic E-state index is 12.2. The Morgan fingerprint density at radius 2 is 2.15 bits per heavy atom. The van der Waals surface area contributed by atoms with Crippen molar-refractivity contribution in [3.05, 3.63) is 40.6 Å². The number of aromatic carboxylic acids is 1. The fraction of sp³-hybridized carbons (Fsp3) is 0.0909. The summed E-state index contributed by atoms with van der Waals surface area (Å²) in [5, 5.41) is 12.5. The predicted molar refractivity (Wildman–Crippen MR) is 70.5 cm³/mol. The molecule has 0 fully saturated rings. The van der Waals surface area contributed by atoms with Crippen molar-refractivity contribution in [2.75, 3.05) is 4.72 Å². The summed E-state index contributed by atoms with van der Waals surface area (Å²) >= 11 is 5.76. The summed E-state index contributed by atoms with van der Waals surface area (Å²) in [6.45, 7) is 1.39. The summed E-state index contributed by atoms with van der Waals surface area (Å²) in [5.41, 5.74) is -0.101. The number of carbonyl (C=O) groups is 1. The Hall–Kier alpha value is -2.06. The second kappa shape index (κ2) is 5.14. The van der Waals surface area contributed by atoms with E-state index >= 15 is 0 Å². The molecule has 106 valence electrons. The molecule has 20 heavy (non-hydrogen) atoms. The number of halogens is 1. The molecule has 0 radical (unpaired) electrons. The van der Waals surface area contributed by atoms with Crippen molar-refractivity contribution < 1.29 is 22.8 Å². The van der Waals surface area contributed by atoms with Gasteiger partial charge in [0.2, 0.25) is 0 Å². The van der Waals surface area contributed by atoms with Gasteiger partial charge in [0, 0.05) is 11.1 Å². The van der Waals surface area contributed by atoms with Crippen LogP contribution in [-0.4, -0.2) is 24.7 Å². The number of hydrogen-bond donors (Lipinski definition) is 2. The Balaban J connectivity index is 2.54. The zero-order chi connectivity index (χ0) is 14.9. The quantitative estimate of drug-likeness (QED) is 0.894. The third-order valence-corrected chi connectivity index (χ3v) is 4.22. The van der Waals surface area contributed by atoms with E-state index in [1.165, 1.54) is 31.4 Å². The van der Waals surface area contributed by atoms with E-state index in [9.17, 15) is 13.2 Å². The van der Waals surface area contributed by atoms with Crippen LogP contribution in [-0.2, 0) is 10.0 Å². The van der Waals surface area contributed by atoms with E-state index in [1.807, 2.05) is 0 Å². The Kier molecular flexibility index (Phi) is 3.69. The number of nitrogens with one attached hydrogen (secondary N) is 1. The number of benzene rings is 1. The van der Waals surface area contributed by atoms with E-state index in [0.29, 0.717) is 0 Å². The summed E-state index contributed by atoms with van der Waals surface area (Å²) in [4.78, 5) is 10.8. The van der Waals surface area contributed by atoms with Crippen molar-refractivity contribution in [2.24, 2.45) is 0 Å². The van der Waals surface area contributed by atoms with E-state index in [1.54, 1.807) is 0 Å². The molecule has 0 bridgehead atoms. The van der Waals surface area contributed by atoms with Gasteiger partial charge >= 0.3 is 5.97 Å². The average molecular weight is 317 g/mol. The van der Waals surface area contributed by atoms with Gasteiger partial charge < -0.3 is 9.63 Å². The summed E-state index contributed by atoms with van der Waals surface area (Å²) in [7, 11) is -4.01. The molecule has 0 aliphatic rings. The SMILES string of the molecule is Cc1c(C(=O)O)cc(Cl)cc1S(=O)(=O)Nc1ccon1. The van der Waals surface area contributed by atoms with Crippen LogP contribution in [0, 0.1) is 6.92 Å². The van der Waals surface area contributed by atoms with Crippen LogP contribution < -0.4 is 4.72 Å². The number of aromatic nitrogens is 1. The number of nitrogens with zero attached hydrogens (tertiary/aromatic N) is 1. The molecular formula is C11H9ClN2O5S. The van der Waals surface area contributed by atoms with Gasteiger partial charge in [-0.1, -0.05) is 16.8 Å². The van der Waals surface area contributed by atoms with Crippen LogP contribution in [0.5, 0.6) is 0 Å². The van der Waals surface area contributed by atoms with Crippen molar-refractivity contribution in [1.29, 1.82) is 0 Å². The Morgan fingerprint density at radius 3 is 2.70 bits per heavy atom. The van der Waals surface area contributed by atoms with E-state index < -0.39 is 16.0 Å². The molecule has 1 aromatic heterocycles. The topological polar surface area (TPSA) is 110 Å². The van der Waals surface area contributed by atoms with Crippen LogP contribution in [0.4, 0.5) is 5.82 Å². The lowest BCUT2D eigenvalue weighted by Gasteiger charge is -2.11. The number of hydrogen-bond acceptors (Lipinski definition) is 5. The van der Waals surface area contributed by atoms with Gasteiger partial charge in [-0.05, 0) is 24.6 Å². The van der Waals surface area contributed by atoms with Crippen LogP contribution in [0.1, 0.15) is 15.9 Å². The standard InChI is InChI=1S/C11H9ClN2O5S/c1-6-8(11(15)16)4-7(12)5-9(6)20(17,18)14-10-2-3-19-13-10/h2-5H,1H3,(H,13,14)(H,15,16). The summed E-state index contributed by atoms with van der Waals surface area (Å²) < 4.78 is 31.1. The second-order valence-corrected chi connectivity index (χ2v) is 5.96. The molecule has 1 heterocycles. The maximum atomic E-state index is 12.2. The minimum Gasteiger partial charge on any atom is -0.478 e. The van der Waals surface area contributed by atoms with Gasteiger partial charge in [-0.2, -0.15) is 0 Å². The number of rotatable bonds is 4. The number of anilines is 1. The molecule has 0 spiro atoms. The van der Waals surface area contributed by atoms with E-state index in [4.69, 9.17) is 16.7 Å². The fourth-order valence-corrected chi connectivity index (χ4v) is 3.18. The summed E-state index contributed by atoms with van der Waals surface area (Å²) in [6.07, 6.45) is 1.20. The predicted octanol–water partition coefficient (Wildman–Crippen LogP) is 2.14. The lowest BCUT2D eigenvalue weighted by molar-refractivity contribution is 0.0696. The van der Waals surface area contributed by atoms with Gasteiger partial charge in [0.25, 0.3) is 10.0 Å². The molecule has 0 amide bonds. The first-order valence-electron chi connectivity index (χ1n) is 5.28. The molecular weight excluding hydrogens is 308 g/mol. The van der Waals surface area contributed by atoms with E-state index in [2.05, 4.69) is 14.4 Å². The maximum Gasteiger partial charge on any atom is 0.336 e. The van der Waals surface area contributed by atoms with Crippen LogP contribution >= 0.6 is 11.6 Å². The molecule has 0 saturated carbocycles.